The van der Waals surface area contributed by atoms with Gasteiger partial charge in [-0.1, -0.05) is 41.9 Å². The number of nitrogens with one attached hydrogen (secondary N) is 1. The van der Waals surface area contributed by atoms with Crippen molar-refractivity contribution in [2.24, 2.45) is 5.73 Å². The molecule has 0 bridgehead atoms. The van der Waals surface area contributed by atoms with Gasteiger partial charge in [0.25, 0.3) is 0 Å². The van der Waals surface area contributed by atoms with Gasteiger partial charge in [-0.2, -0.15) is 4.72 Å². The molecule has 0 aliphatic heterocycles. The number of nitrogens with two attached hydrogens (primary N) is 1. The Hall–Kier alpha value is -1.96. The summed E-state index contributed by atoms with van der Waals surface area (Å²) >= 11 is 5.79. The first-order chi connectivity index (χ1) is 10.8. The van der Waals surface area contributed by atoms with Gasteiger partial charge in [0.2, 0.25) is 15.9 Å². The molecule has 3 N–H and O–H groups in total. The topological polar surface area (TPSA) is 102 Å². The molecule has 1 heterocycles. The van der Waals surface area contributed by atoms with Crippen molar-refractivity contribution in [1.29, 1.82) is 0 Å². The Morgan fingerprint density at radius 1 is 1.35 bits per heavy atom. The summed E-state index contributed by atoms with van der Waals surface area (Å²) in [6.07, 6.45) is 1.30. The average molecular weight is 354 g/mol. The van der Waals surface area contributed by atoms with Crippen molar-refractivity contribution in [2.45, 2.75) is 24.3 Å². The summed E-state index contributed by atoms with van der Waals surface area (Å²) in [7, 11) is -3.94. The number of sulfonamides is 1. The van der Waals surface area contributed by atoms with Crippen LogP contribution in [0.2, 0.25) is 5.15 Å². The third-order valence-corrected chi connectivity index (χ3v) is 5.06. The largest absolute Gasteiger partial charge is 0.368 e. The molecule has 0 aliphatic carbocycles. The highest BCUT2D eigenvalue weighted by Crippen LogP contribution is 2.17. The number of halogens is 1. The second-order valence-corrected chi connectivity index (χ2v) is 7.12. The highest BCUT2D eigenvalue weighted by atomic mass is 35.5. The summed E-state index contributed by atoms with van der Waals surface area (Å²) in [6.45, 7) is 1.64. The number of aryl methyl sites for hydroxylation is 1. The van der Waals surface area contributed by atoms with Gasteiger partial charge in [0.1, 0.15) is 16.1 Å². The van der Waals surface area contributed by atoms with Gasteiger partial charge in [0.15, 0.2) is 0 Å². The molecule has 0 aliphatic rings. The summed E-state index contributed by atoms with van der Waals surface area (Å²) < 4.78 is 27.1. The fraction of sp³-hybridized carbons (Fsp3) is 0.200. The lowest BCUT2D eigenvalue weighted by Crippen LogP contribution is -2.45. The number of rotatable bonds is 6. The zero-order valence-electron chi connectivity index (χ0n) is 12.4. The van der Waals surface area contributed by atoms with E-state index in [2.05, 4.69) is 9.71 Å². The monoisotopic (exact) mass is 353 g/mol. The smallest absolute Gasteiger partial charge is 0.242 e. The van der Waals surface area contributed by atoms with Crippen LogP contribution in [0.25, 0.3) is 0 Å². The zero-order chi connectivity index (χ0) is 17.0. The van der Waals surface area contributed by atoms with Crippen molar-refractivity contribution in [2.75, 3.05) is 0 Å². The van der Waals surface area contributed by atoms with Gasteiger partial charge in [-0.25, -0.2) is 13.4 Å². The van der Waals surface area contributed by atoms with E-state index in [0.717, 1.165) is 11.8 Å². The van der Waals surface area contributed by atoms with Crippen LogP contribution in [0.4, 0.5) is 0 Å². The molecule has 1 atom stereocenters. The normalized spacial score (nSPS) is 12.8. The van der Waals surface area contributed by atoms with Crippen LogP contribution in [-0.2, 0) is 21.2 Å². The van der Waals surface area contributed by atoms with E-state index < -0.39 is 22.0 Å². The average Bonchev–Trinajstić information content (AvgIpc) is 2.50. The van der Waals surface area contributed by atoms with Crippen LogP contribution in [0, 0.1) is 6.92 Å². The highest BCUT2D eigenvalue weighted by Gasteiger charge is 2.25. The fourth-order valence-corrected chi connectivity index (χ4v) is 3.32. The quantitative estimate of drug-likeness (QED) is 0.766. The van der Waals surface area contributed by atoms with E-state index in [1.54, 1.807) is 31.2 Å². The molecule has 6 nitrogen and oxygen atoms in total. The van der Waals surface area contributed by atoms with E-state index in [9.17, 15) is 13.2 Å². The van der Waals surface area contributed by atoms with Crippen LogP contribution in [0.5, 0.6) is 0 Å². The lowest BCUT2D eigenvalue weighted by molar-refractivity contribution is -0.119. The number of carbonyl (C=O) groups excluding carboxylic acids is 1. The lowest BCUT2D eigenvalue weighted by atomic mass is 10.1. The Labute approximate surface area is 139 Å². The van der Waals surface area contributed by atoms with E-state index in [-0.39, 0.29) is 16.5 Å². The molecule has 1 amide bonds. The van der Waals surface area contributed by atoms with Gasteiger partial charge >= 0.3 is 0 Å². The Kier molecular flexibility index (Phi) is 5.35. The molecule has 2 rings (SSSR count). The van der Waals surface area contributed by atoms with E-state index >= 15 is 0 Å². The number of hydrogen-bond acceptors (Lipinski definition) is 4. The molecule has 0 fully saturated rings. The lowest BCUT2D eigenvalue weighted by Gasteiger charge is -2.16. The first-order valence-corrected chi connectivity index (χ1v) is 8.63. The molecule has 8 heteroatoms. The highest BCUT2D eigenvalue weighted by molar-refractivity contribution is 7.89. The Morgan fingerprint density at radius 3 is 2.57 bits per heavy atom. The van der Waals surface area contributed by atoms with Gasteiger partial charge in [0, 0.05) is 6.20 Å². The second-order valence-electron chi connectivity index (χ2n) is 5.04. The predicted molar refractivity (Wildman–Crippen MR) is 87.4 cm³/mol. The third kappa shape index (κ3) is 4.51. The van der Waals surface area contributed by atoms with Gasteiger partial charge in [-0.3, -0.25) is 4.79 Å². The number of benzene rings is 1. The molecule has 23 heavy (non-hydrogen) atoms. The summed E-state index contributed by atoms with van der Waals surface area (Å²) in [5.74, 6) is -0.754. The molecule has 1 unspecified atom stereocenters. The number of carbonyl (C=O) groups is 1. The van der Waals surface area contributed by atoms with Gasteiger partial charge in [-0.05, 0) is 30.5 Å². The Bertz CT molecular complexity index is 810. The van der Waals surface area contributed by atoms with Crippen LogP contribution in [-0.4, -0.2) is 25.4 Å². The number of primary amides is 1. The second kappa shape index (κ2) is 7.08. The van der Waals surface area contributed by atoms with Crippen molar-refractivity contribution in [3.05, 3.63) is 58.9 Å². The minimum atomic E-state index is -3.94. The first kappa shape index (κ1) is 17.4. The first-order valence-electron chi connectivity index (χ1n) is 6.77. The Balaban J connectivity index is 2.24. The van der Waals surface area contributed by atoms with Crippen LogP contribution in [0.3, 0.4) is 0 Å². The molecule has 1 aromatic carbocycles. The number of pyridine rings is 1. The van der Waals surface area contributed by atoms with Crippen molar-refractivity contribution in [3.8, 4) is 0 Å². The summed E-state index contributed by atoms with van der Waals surface area (Å²) in [5, 5.41) is 0.222. The molecule has 122 valence electrons. The van der Waals surface area contributed by atoms with E-state index in [4.69, 9.17) is 17.3 Å². The van der Waals surface area contributed by atoms with E-state index in [0.29, 0.717) is 5.56 Å². The third-order valence-electron chi connectivity index (χ3n) is 3.22. The number of hydrogen-bond donors (Lipinski definition) is 2. The minimum absolute atomic E-state index is 0.0706. The maximum absolute atomic E-state index is 12.4. The molecular weight excluding hydrogens is 338 g/mol. The van der Waals surface area contributed by atoms with Crippen molar-refractivity contribution in [1.82, 2.24) is 9.71 Å². The van der Waals surface area contributed by atoms with Crippen molar-refractivity contribution < 1.29 is 13.2 Å². The molecule has 0 saturated carbocycles. The van der Waals surface area contributed by atoms with Gasteiger partial charge in [-0.15, -0.1) is 0 Å². The maximum atomic E-state index is 12.4. The van der Waals surface area contributed by atoms with E-state index in [1.165, 1.54) is 6.07 Å². The van der Waals surface area contributed by atoms with Gasteiger partial charge < -0.3 is 5.73 Å². The van der Waals surface area contributed by atoms with Crippen LogP contribution >= 0.6 is 11.6 Å². The zero-order valence-corrected chi connectivity index (χ0v) is 13.9. The molecular formula is C15H16ClN3O3S. The molecule has 0 radical (unpaired) electrons. The molecule has 1 aromatic heterocycles. The summed E-state index contributed by atoms with van der Waals surface area (Å²) in [5.41, 5.74) is 6.64. The van der Waals surface area contributed by atoms with Crippen molar-refractivity contribution >= 4 is 27.5 Å². The van der Waals surface area contributed by atoms with Crippen LogP contribution < -0.4 is 10.5 Å². The number of nitrogens with zero attached hydrogens (tertiary/aromatic N) is 1. The maximum Gasteiger partial charge on any atom is 0.242 e. The van der Waals surface area contributed by atoms with Crippen molar-refractivity contribution in [3.63, 3.8) is 0 Å². The van der Waals surface area contributed by atoms with Crippen LogP contribution in [0.15, 0.2) is 47.5 Å². The summed E-state index contributed by atoms with van der Waals surface area (Å²) in [4.78, 5) is 15.3. The predicted octanol–water partition coefficient (Wildman–Crippen LogP) is 1.42. The molecule has 2 aromatic rings. The SMILES string of the molecule is Cc1cc(S(=O)(=O)NC(Cc2ccccc2)C(N)=O)cnc1Cl. The molecule has 0 saturated heterocycles. The van der Waals surface area contributed by atoms with E-state index in [1.807, 2.05) is 6.07 Å². The molecule has 0 spiro atoms. The summed E-state index contributed by atoms with van der Waals surface area (Å²) in [6, 6.07) is 9.34. The fourth-order valence-electron chi connectivity index (χ4n) is 1.98. The van der Waals surface area contributed by atoms with Crippen LogP contribution in [0.1, 0.15) is 11.1 Å². The minimum Gasteiger partial charge on any atom is -0.368 e. The number of amides is 1. The number of aromatic nitrogens is 1. The standard InChI is InChI=1S/C15H16ClN3O3S/c1-10-7-12(9-18-14(10)16)23(21,22)19-13(15(17)20)8-11-5-3-2-4-6-11/h2-7,9,13,19H,8H2,1H3,(H2,17,20). The van der Waals surface area contributed by atoms with Gasteiger partial charge in [0.05, 0.1) is 0 Å². The Morgan fingerprint density at radius 2 is 2.00 bits per heavy atom.